The number of pyridine rings is 1. The summed E-state index contributed by atoms with van der Waals surface area (Å²) in [5.74, 6) is -0.0938. The lowest BCUT2D eigenvalue weighted by Crippen LogP contribution is -2.48. The Labute approximate surface area is 111 Å². The molecule has 2 heterocycles. The van der Waals surface area contributed by atoms with E-state index in [1.807, 2.05) is 35.0 Å². The van der Waals surface area contributed by atoms with Crippen molar-refractivity contribution in [2.24, 2.45) is 0 Å². The van der Waals surface area contributed by atoms with E-state index in [9.17, 15) is 9.90 Å². The standard InChI is InChI=1S/C14H17N3O2/c18-13(15-10-14(19)5-3-6-14)8-11-9-17-7-2-1-4-12(17)16-11/h1-2,4,7,9,19H,3,5-6,8,10H2,(H,15,18). The highest BCUT2D eigenvalue weighted by molar-refractivity contribution is 5.78. The highest BCUT2D eigenvalue weighted by Crippen LogP contribution is 2.30. The fourth-order valence-corrected chi connectivity index (χ4v) is 2.32. The van der Waals surface area contributed by atoms with Crippen molar-refractivity contribution in [3.8, 4) is 0 Å². The number of carbonyl (C=O) groups is 1. The zero-order chi connectivity index (χ0) is 13.3. The van der Waals surface area contributed by atoms with Gasteiger partial charge >= 0.3 is 0 Å². The second-order valence-electron chi connectivity index (χ2n) is 5.23. The Balaban J connectivity index is 1.59. The van der Waals surface area contributed by atoms with Gasteiger partial charge < -0.3 is 14.8 Å². The average Bonchev–Trinajstić information content (AvgIpc) is 2.76. The molecule has 0 radical (unpaired) electrons. The van der Waals surface area contributed by atoms with Crippen molar-refractivity contribution < 1.29 is 9.90 Å². The summed E-state index contributed by atoms with van der Waals surface area (Å²) in [6, 6.07) is 5.74. The molecule has 1 aliphatic rings. The zero-order valence-corrected chi connectivity index (χ0v) is 10.7. The van der Waals surface area contributed by atoms with E-state index in [0.29, 0.717) is 6.54 Å². The van der Waals surface area contributed by atoms with E-state index in [-0.39, 0.29) is 12.3 Å². The Morgan fingerprint density at radius 3 is 3.00 bits per heavy atom. The van der Waals surface area contributed by atoms with Gasteiger partial charge in [0.25, 0.3) is 0 Å². The van der Waals surface area contributed by atoms with E-state index in [1.54, 1.807) is 0 Å². The first-order chi connectivity index (χ1) is 9.15. The van der Waals surface area contributed by atoms with Crippen LogP contribution in [0.3, 0.4) is 0 Å². The molecule has 1 aliphatic carbocycles. The minimum absolute atomic E-state index is 0.0938. The van der Waals surface area contributed by atoms with Gasteiger partial charge in [0.2, 0.25) is 5.91 Å². The number of rotatable bonds is 4. The normalized spacial score (nSPS) is 17.1. The largest absolute Gasteiger partial charge is 0.388 e. The monoisotopic (exact) mass is 259 g/mol. The van der Waals surface area contributed by atoms with Crippen LogP contribution >= 0.6 is 0 Å². The summed E-state index contributed by atoms with van der Waals surface area (Å²) >= 11 is 0. The van der Waals surface area contributed by atoms with Crippen LogP contribution in [0.25, 0.3) is 5.65 Å². The molecule has 1 fully saturated rings. The Bertz CT molecular complexity index is 569. The number of nitrogens with zero attached hydrogens (tertiary/aromatic N) is 2. The van der Waals surface area contributed by atoms with Crippen molar-refractivity contribution in [2.45, 2.75) is 31.3 Å². The predicted molar refractivity (Wildman–Crippen MR) is 70.7 cm³/mol. The van der Waals surface area contributed by atoms with Crippen molar-refractivity contribution in [1.29, 1.82) is 0 Å². The summed E-state index contributed by atoms with van der Waals surface area (Å²) in [5, 5.41) is 12.7. The van der Waals surface area contributed by atoms with E-state index in [2.05, 4.69) is 10.3 Å². The van der Waals surface area contributed by atoms with E-state index in [4.69, 9.17) is 0 Å². The van der Waals surface area contributed by atoms with Gasteiger partial charge in [-0.25, -0.2) is 4.98 Å². The van der Waals surface area contributed by atoms with Crippen LogP contribution in [-0.2, 0) is 11.2 Å². The van der Waals surface area contributed by atoms with Crippen LogP contribution in [0.4, 0.5) is 0 Å². The van der Waals surface area contributed by atoms with Gasteiger partial charge in [-0.05, 0) is 31.4 Å². The number of imidazole rings is 1. The fraction of sp³-hybridized carbons (Fsp3) is 0.429. The fourth-order valence-electron chi connectivity index (χ4n) is 2.32. The van der Waals surface area contributed by atoms with Gasteiger partial charge in [0, 0.05) is 18.9 Å². The third kappa shape index (κ3) is 2.61. The Morgan fingerprint density at radius 2 is 2.32 bits per heavy atom. The van der Waals surface area contributed by atoms with Crippen molar-refractivity contribution in [3.63, 3.8) is 0 Å². The molecule has 0 atom stereocenters. The first-order valence-electron chi connectivity index (χ1n) is 6.56. The molecule has 5 heteroatoms. The van der Waals surface area contributed by atoms with Gasteiger partial charge in [-0.1, -0.05) is 6.07 Å². The van der Waals surface area contributed by atoms with Gasteiger partial charge in [-0.3, -0.25) is 4.79 Å². The van der Waals surface area contributed by atoms with Crippen LogP contribution in [0.5, 0.6) is 0 Å². The highest BCUT2D eigenvalue weighted by Gasteiger charge is 2.34. The molecule has 2 aromatic heterocycles. The first-order valence-corrected chi connectivity index (χ1v) is 6.56. The van der Waals surface area contributed by atoms with Crippen LogP contribution < -0.4 is 5.32 Å². The van der Waals surface area contributed by atoms with E-state index in [0.717, 1.165) is 30.6 Å². The molecule has 0 spiro atoms. The molecular formula is C14H17N3O2. The van der Waals surface area contributed by atoms with E-state index < -0.39 is 5.60 Å². The summed E-state index contributed by atoms with van der Waals surface area (Å²) < 4.78 is 1.89. The Morgan fingerprint density at radius 1 is 1.47 bits per heavy atom. The number of carbonyl (C=O) groups excluding carboxylic acids is 1. The number of hydrogen-bond donors (Lipinski definition) is 2. The third-order valence-electron chi connectivity index (χ3n) is 3.65. The second-order valence-corrected chi connectivity index (χ2v) is 5.23. The van der Waals surface area contributed by atoms with Crippen molar-refractivity contribution in [3.05, 3.63) is 36.3 Å². The molecule has 3 rings (SSSR count). The number of aliphatic hydroxyl groups is 1. The van der Waals surface area contributed by atoms with Crippen LogP contribution in [0.2, 0.25) is 0 Å². The lowest BCUT2D eigenvalue weighted by Gasteiger charge is -2.36. The third-order valence-corrected chi connectivity index (χ3v) is 3.65. The van der Waals surface area contributed by atoms with Crippen LogP contribution in [0, 0.1) is 0 Å². The van der Waals surface area contributed by atoms with Crippen LogP contribution in [0.15, 0.2) is 30.6 Å². The smallest absolute Gasteiger partial charge is 0.226 e. The summed E-state index contributed by atoms with van der Waals surface area (Å²) in [4.78, 5) is 16.2. The van der Waals surface area contributed by atoms with Crippen molar-refractivity contribution in [2.75, 3.05) is 6.54 Å². The Hall–Kier alpha value is -1.88. The molecule has 2 aromatic rings. The van der Waals surface area contributed by atoms with Crippen molar-refractivity contribution >= 4 is 11.6 Å². The van der Waals surface area contributed by atoms with Crippen LogP contribution in [-0.4, -0.2) is 32.5 Å². The van der Waals surface area contributed by atoms with Gasteiger partial charge in [0.1, 0.15) is 5.65 Å². The SMILES string of the molecule is O=C(Cc1cn2ccccc2n1)NCC1(O)CCC1. The van der Waals surface area contributed by atoms with E-state index in [1.165, 1.54) is 0 Å². The number of fused-ring (bicyclic) bond motifs is 1. The molecular weight excluding hydrogens is 242 g/mol. The predicted octanol–water partition coefficient (Wildman–Crippen LogP) is 0.908. The molecule has 0 bridgehead atoms. The molecule has 100 valence electrons. The molecule has 2 N–H and O–H groups in total. The maximum absolute atomic E-state index is 11.8. The lowest BCUT2D eigenvalue weighted by molar-refractivity contribution is -0.122. The van der Waals surface area contributed by atoms with Crippen molar-refractivity contribution in [1.82, 2.24) is 14.7 Å². The molecule has 1 saturated carbocycles. The average molecular weight is 259 g/mol. The molecule has 0 aromatic carbocycles. The second kappa shape index (κ2) is 4.66. The van der Waals surface area contributed by atoms with Gasteiger partial charge in [0.15, 0.2) is 0 Å². The number of amides is 1. The summed E-state index contributed by atoms with van der Waals surface area (Å²) in [6.07, 6.45) is 6.60. The number of hydrogen-bond acceptors (Lipinski definition) is 3. The summed E-state index contributed by atoms with van der Waals surface area (Å²) in [7, 11) is 0. The summed E-state index contributed by atoms with van der Waals surface area (Å²) in [5.41, 5.74) is 0.904. The molecule has 0 aliphatic heterocycles. The number of aromatic nitrogens is 2. The minimum atomic E-state index is -0.672. The number of nitrogens with one attached hydrogen (secondary N) is 1. The van der Waals surface area contributed by atoms with Gasteiger partial charge in [-0.2, -0.15) is 0 Å². The minimum Gasteiger partial charge on any atom is -0.388 e. The zero-order valence-electron chi connectivity index (χ0n) is 10.7. The molecule has 5 nitrogen and oxygen atoms in total. The van der Waals surface area contributed by atoms with Crippen LogP contribution in [0.1, 0.15) is 25.0 Å². The van der Waals surface area contributed by atoms with E-state index >= 15 is 0 Å². The van der Waals surface area contributed by atoms with Gasteiger partial charge in [-0.15, -0.1) is 0 Å². The maximum Gasteiger partial charge on any atom is 0.226 e. The maximum atomic E-state index is 11.8. The first kappa shape index (κ1) is 12.2. The highest BCUT2D eigenvalue weighted by atomic mass is 16.3. The summed E-state index contributed by atoms with van der Waals surface area (Å²) in [6.45, 7) is 0.346. The molecule has 0 unspecified atom stereocenters. The molecule has 1 amide bonds. The Kier molecular flexibility index (Phi) is 2.98. The topological polar surface area (TPSA) is 66.6 Å². The molecule has 0 saturated heterocycles. The lowest BCUT2D eigenvalue weighted by atomic mass is 9.80. The van der Waals surface area contributed by atoms with Gasteiger partial charge in [0.05, 0.1) is 17.7 Å². The molecule has 19 heavy (non-hydrogen) atoms. The quantitative estimate of drug-likeness (QED) is 0.857.